The molecular formula is C98H197B3Br2O20. The molecule has 0 aromatic rings. The van der Waals surface area contributed by atoms with Crippen molar-refractivity contribution in [2.45, 2.75) is 549 Å². The third-order valence-electron chi connectivity index (χ3n) is 21.5. The number of hydrogen-bond donors (Lipinski definition) is 2. The molecule has 20 nitrogen and oxygen atoms in total. The van der Waals surface area contributed by atoms with E-state index >= 15 is 0 Å². The lowest BCUT2D eigenvalue weighted by atomic mass is 9.76. The Bertz CT molecular complexity index is 2490. The molecule has 9 aliphatic rings. The Morgan fingerprint density at radius 1 is 0.244 bits per heavy atom. The van der Waals surface area contributed by atoms with Crippen LogP contribution in [0.2, 0.25) is 6.82 Å². The second-order valence-electron chi connectivity index (χ2n) is 46.1. The Hall–Kier alpha value is 0.0948. The largest absolute Gasteiger partial charge is 0.388 e. The first-order valence-corrected chi connectivity index (χ1v) is 47.2. The number of alkyl halides is 2. The van der Waals surface area contributed by atoms with E-state index in [2.05, 4.69) is 246 Å². The predicted molar refractivity (Wildman–Crippen MR) is 520 cm³/mol. The van der Waals surface area contributed by atoms with Gasteiger partial charge in [-0.05, 0) is 266 Å². The Morgan fingerprint density at radius 3 is 0.488 bits per heavy atom. The maximum Gasteiger partial charge on any atom is 0.164 e. The normalized spacial score (nSPS) is 32.9. The molecule has 9 rings (SSSR count). The van der Waals surface area contributed by atoms with Crippen molar-refractivity contribution in [3.05, 3.63) is 12.6 Å². The quantitative estimate of drug-likeness (QED) is 0.0837. The van der Waals surface area contributed by atoms with E-state index in [0.717, 1.165) is 0 Å². The zero-order valence-electron chi connectivity index (χ0n) is 87.4. The first kappa shape index (κ1) is 123. The Kier molecular flexibility index (Phi) is 47.6. The van der Waals surface area contributed by atoms with E-state index in [1.165, 1.54) is 6.82 Å². The van der Waals surface area contributed by atoms with E-state index in [9.17, 15) is 10.2 Å². The highest BCUT2D eigenvalue weighted by molar-refractivity contribution is 9.10. The van der Waals surface area contributed by atoms with Crippen LogP contribution in [-0.4, -0.2) is 216 Å². The van der Waals surface area contributed by atoms with Crippen LogP contribution in [0.5, 0.6) is 0 Å². The molecule has 732 valence electrons. The average Bonchev–Trinajstić information content (AvgIpc) is 1.63. The van der Waals surface area contributed by atoms with Crippen molar-refractivity contribution < 1.29 is 95.5 Å². The summed E-state index contributed by atoms with van der Waals surface area (Å²) in [5.74, 6) is 1.25. The molecule has 2 N–H and O–H groups in total. The molecule has 25 heteroatoms. The zero-order valence-corrected chi connectivity index (χ0v) is 90.6. The maximum absolute atomic E-state index is 9.97. The van der Waals surface area contributed by atoms with Crippen LogP contribution in [0.1, 0.15) is 360 Å². The van der Waals surface area contributed by atoms with Gasteiger partial charge in [0.05, 0.1) is 104 Å². The summed E-state index contributed by atoms with van der Waals surface area (Å²) in [5.41, 5.74) is -1.85. The second kappa shape index (κ2) is 47.5. The maximum atomic E-state index is 9.97. The van der Waals surface area contributed by atoms with Gasteiger partial charge in [0.2, 0.25) is 0 Å². The number of ether oxygens (including phenoxy) is 18. The highest BCUT2D eigenvalue weighted by atomic mass is 79.9. The molecule has 0 saturated carbocycles. The topological polar surface area (TPSA) is 207 Å². The third kappa shape index (κ3) is 41.5. The fourth-order valence-electron chi connectivity index (χ4n) is 15.7. The predicted octanol–water partition coefficient (Wildman–Crippen LogP) is 21.4. The van der Waals surface area contributed by atoms with Crippen molar-refractivity contribution >= 4 is 55.4 Å². The minimum atomic E-state index is -1.04. The van der Waals surface area contributed by atoms with Gasteiger partial charge < -0.3 is 95.5 Å². The van der Waals surface area contributed by atoms with Crippen LogP contribution >= 0.6 is 31.9 Å². The molecule has 20 atom stereocenters. The average molecular weight is 1890 g/mol. The number of halogens is 2. The summed E-state index contributed by atoms with van der Waals surface area (Å²) in [7, 11) is 5.20. The zero-order chi connectivity index (χ0) is 97.8. The number of hydrogen-bond acceptors (Lipinski definition) is 20. The van der Waals surface area contributed by atoms with E-state index in [1.54, 1.807) is 41.5 Å². The van der Waals surface area contributed by atoms with Crippen LogP contribution < -0.4 is 0 Å². The molecule has 0 unspecified atom stereocenters. The molecule has 9 saturated heterocycles. The van der Waals surface area contributed by atoms with Crippen molar-refractivity contribution in [3.63, 3.8) is 0 Å². The lowest BCUT2D eigenvalue weighted by molar-refractivity contribution is -0.171. The van der Waals surface area contributed by atoms with E-state index in [4.69, 9.17) is 85.3 Å². The third-order valence-corrected chi connectivity index (χ3v) is 22.4. The second-order valence-corrected chi connectivity index (χ2v) is 50.2. The summed E-state index contributed by atoms with van der Waals surface area (Å²) in [4.78, 5) is 0. The SMILES string of the molecule is CC(C)[C@H]1OC(C)(C)O[C@@H]1C(C)C.CC(C)[C@H]1OC(C)(C)O[C@@H]1C(C)C.CC(C)[C@H]1OC(C)(C)O[C@@H]1C(C)C.CC(C)[C@H]1OC(C)(C)O[C@@H]1C(C)C.CC1(C)O[C@H](C(C)(C)Br)[C@@H](C(C)(C)Br)O1.CC1(C)O[C@H](C(C)(C)C)[C@@H](C(C)(C)C)O1.CC1(C)O[C@H](C(C)(C)O)[C@@H](C(C)(C)O)O1.C[C@H]1OC(C)(C)O[C@@H]1C.[BH3-][CH+][C@H](C)[C@H]1OC(C)(C)O[C@@H]1[C@@H](C)[CH+][BH3-].[B]C. The smallest absolute Gasteiger partial charge is 0.164 e. The molecule has 0 spiro atoms. The van der Waals surface area contributed by atoms with E-state index in [-0.39, 0.29) is 129 Å². The van der Waals surface area contributed by atoms with Gasteiger partial charge in [-0.1, -0.05) is 191 Å². The van der Waals surface area contributed by atoms with Crippen molar-refractivity contribution in [3.8, 4) is 0 Å². The lowest BCUT2D eigenvalue weighted by Gasteiger charge is -2.36. The van der Waals surface area contributed by atoms with Crippen molar-refractivity contribution in [2.24, 2.45) is 70.0 Å². The van der Waals surface area contributed by atoms with Crippen molar-refractivity contribution in [2.75, 3.05) is 0 Å². The molecule has 0 bridgehead atoms. The van der Waals surface area contributed by atoms with Gasteiger partial charge in [0.15, 0.2) is 67.8 Å². The summed E-state index contributed by atoms with van der Waals surface area (Å²) in [6, 6.07) is 0. The number of rotatable bonds is 16. The summed E-state index contributed by atoms with van der Waals surface area (Å²) < 4.78 is 105. The molecule has 9 heterocycles. The highest BCUT2D eigenvalue weighted by Crippen LogP contribution is 2.48. The van der Waals surface area contributed by atoms with Gasteiger partial charge in [0, 0.05) is 8.65 Å². The summed E-state index contributed by atoms with van der Waals surface area (Å²) in [5, 5.41) is 19.9. The molecule has 9 aliphatic heterocycles. The highest BCUT2D eigenvalue weighted by Gasteiger charge is 2.57. The number of aliphatic hydroxyl groups is 2. The van der Waals surface area contributed by atoms with Crippen molar-refractivity contribution in [1.82, 2.24) is 0 Å². The molecule has 0 aromatic heterocycles. The summed E-state index contributed by atoms with van der Waals surface area (Å²) in [6.45, 7) is 109. The van der Waals surface area contributed by atoms with Crippen LogP contribution in [0.25, 0.3) is 0 Å². The van der Waals surface area contributed by atoms with Gasteiger partial charge in [-0.15, -0.1) is 12.6 Å². The van der Waals surface area contributed by atoms with Crippen LogP contribution in [0.15, 0.2) is 0 Å². The monoisotopic (exact) mass is 1890 g/mol. The van der Waals surface area contributed by atoms with Crippen molar-refractivity contribution in [1.29, 1.82) is 0 Å². The Morgan fingerprint density at radius 2 is 0.374 bits per heavy atom. The van der Waals surface area contributed by atoms with Gasteiger partial charge >= 0.3 is 0 Å². The van der Waals surface area contributed by atoms with E-state index < -0.39 is 63.9 Å². The fraction of sp³-hybridized carbons (Fsp3) is 0.980. The molecule has 0 aliphatic carbocycles. The van der Waals surface area contributed by atoms with Crippen LogP contribution in [0, 0.1) is 82.6 Å². The first-order valence-electron chi connectivity index (χ1n) is 45.6. The van der Waals surface area contributed by atoms with E-state index in [0.29, 0.717) is 74.9 Å². The van der Waals surface area contributed by atoms with Gasteiger partial charge in [-0.2, -0.15) is 0 Å². The fourth-order valence-corrected chi connectivity index (χ4v) is 16.4. The molecular weight excluding hydrogens is 1690 g/mol. The molecule has 2 radical (unpaired) electrons. The van der Waals surface area contributed by atoms with Gasteiger partial charge in [0.25, 0.3) is 0 Å². The van der Waals surface area contributed by atoms with Gasteiger partial charge in [0.1, 0.15) is 36.6 Å². The van der Waals surface area contributed by atoms with Gasteiger partial charge in [-0.3, -0.25) is 0 Å². The van der Waals surface area contributed by atoms with Crippen LogP contribution in [-0.2, 0) is 85.3 Å². The van der Waals surface area contributed by atoms with Gasteiger partial charge in [-0.25, -0.2) is 0 Å². The Labute approximate surface area is 777 Å². The van der Waals surface area contributed by atoms with Crippen LogP contribution in [0.4, 0.5) is 0 Å². The minimum Gasteiger partial charge on any atom is -0.388 e. The van der Waals surface area contributed by atoms with Crippen LogP contribution in [0.3, 0.4) is 0 Å². The summed E-state index contributed by atoms with van der Waals surface area (Å²) in [6.07, 6.45) is 7.21. The molecule has 123 heavy (non-hydrogen) atoms. The first-order chi connectivity index (χ1) is 54.6. The lowest BCUT2D eigenvalue weighted by Crippen LogP contribution is -2.51. The van der Waals surface area contributed by atoms with E-state index in [1.807, 2.05) is 125 Å². The molecule has 0 amide bonds. The minimum absolute atomic E-state index is 0.0295. The molecule has 9 fully saturated rings. The standard InChI is InChI=1S/C13H26O2.C11H24B2O2.C11H20Br2O2.C11H22O4.4C11H22O2.C7H14O2.CH3B/c1-11(2,3)9-10(12(4,5)6)15-13(7,8)14-9;1-7(5-12)9-10(8(2)6-13)15-11(3,4)14-9;2*1-9(2,12)7-8(10(3,4)13)15-11(5,6)14-7;4*1-7(2)9-10(8(3)4)13-11(5,6)12-9;1-5-6(2)9-7(3,4)8-5;1-2/h9-10H,1-8H3;5-10H,1-4,12-13H3;7-8H,1-6H3;7-8,12-13H,1-6H3;4*7-10H,1-6H3;5-6H,1-4H3;1H3/t9-,10-;7-,8-,9+,10+;2*7-,8-;4*9-,10-;5-,6-;/m000011111./s1. The Balaban J connectivity index is 0.00000136. The summed E-state index contributed by atoms with van der Waals surface area (Å²) >= 11 is 7.33. The molecule has 0 aromatic carbocycles.